The molecular formula is C22H15F5NO5P. The summed E-state index contributed by atoms with van der Waals surface area (Å²) in [4.78, 5) is 14.0. The maximum absolute atomic E-state index is 14.4. The fraction of sp³-hybridized carbons (Fsp3) is 0.136. The largest absolute Gasteiger partial charge is 0.497 e. The molecule has 0 bridgehead atoms. The van der Waals surface area contributed by atoms with E-state index in [1.165, 1.54) is 62.7 Å². The van der Waals surface area contributed by atoms with Crippen molar-refractivity contribution >= 4 is 13.5 Å². The molecule has 2 atom stereocenters. The molecule has 0 saturated heterocycles. The van der Waals surface area contributed by atoms with Gasteiger partial charge in [-0.1, -0.05) is 24.3 Å². The van der Waals surface area contributed by atoms with Crippen LogP contribution in [0.25, 0.3) is 0 Å². The van der Waals surface area contributed by atoms with Crippen LogP contribution in [0.3, 0.4) is 0 Å². The number of benzene rings is 3. The third-order valence-corrected chi connectivity index (χ3v) is 7.26. The van der Waals surface area contributed by atoms with Gasteiger partial charge in [-0.2, -0.15) is 8.78 Å². The third-order valence-electron chi connectivity index (χ3n) is 5.13. The normalized spacial score (nSPS) is 19.8. The Morgan fingerprint density at radius 3 is 2.03 bits per heavy atom. The lowest BCUT2D eigenvalue weighted by Crippen LogP contribution is -2.31. The lowest BCUT2D eigenvalue weighted by Gasteiger charge is -2.31. The maximum Gasteiger partial charge on any atom is 0.457 e. The highest BCUT2D eigenvalue weighted by Crippen LogP contribution is 2.63. The van der Waals surface area contributed by atoms with Gasteiger partial charge in [0.2, 0.25) is 34.8 Å². The molecule has 0 saturated carbocycles. The standard InChI is InChI=1S/C22H15F5NO5P/c1-28-21(29)13-5-3-4-6-14(13)32-34(30,22(28)11-7-9-12(31-2)10-8-11)33-20-18(26)16(24)15(23)17(25)19(20)27/h3-10,22H,1-2H3. The highest BCUT2D eigenvalue weighted by Gasteiger charge is 2.49. The zero-order valence-corrected chi connectivity index (χ0v) is 18.4. The zero-order chi connectivity index (χ0) is 24.8. The van der Waals surface area contributed by atoms with E-state index in [1.807, 2.05) is 0 Å². The number of rotatable bonds is 4. The molecule has 0 aromatic heterocycles. The van der Waals surface area contributed by atoms with Gasteiger partial charge in [0, 0.05) is 7.05 Å². The predicted molar refractivity (Wildman–Crippen MR) is 109 cm³/mol. The van der Waals surface area contributed by atoms with E-state index in [0.29, 0.717) is 5.75 Å². The Morgan fingerprint density at radius 2 is 1.44 bits per heavy atom. The average Bonchev–Trinajstić information content (AvgIpc) is 2.92. The van der Waals surface area contributed by atoms with Crippen molar-refractivity contribution in [2.24, 2.45) is 0 Å². The van der Waals surface area contributed by atoms with Crippen LogP contribution in [0.5, 0.6) is 17.2 Å². The molecule has 12 heteroatoms. The van der Waals surface area contributed by atoms with Gasteiger partial charge >= 0.3 is 7.60 Å². The van der Waals surface area contributed by atoms with Crippen molar-refractivity contribution in [2.75, 3.05) is 14.2 Å². The molecule has 178 valence electrons. The summed E-state index contributed by atoms with van der Waals surface area (Å²) in [6, 6.07) is 11.2. The highest BCUT2D eigenvalue weighted by molar-refractivity contribution is 7.55. The third kappa shape index (κ3) is 3.75. The summed E-state index contributed by atoms with van der Waals surface area (Å²) in [5, 5.41) is 0. The van der Waals surface area contributed by atoms with Gasteiger partial charge in [0.15, 0.2) is 5.78 Å². The minimum Gasteiger partial charge on any atom is -0.497 e. The number of carbonyl (C=O) groups excluding carboxylic acids is 1. The van der Waals surface area contributed by atoms with Crippen molar-refractivity contribution in [3.63, 3.8) is 0 Å². The van der Waals surface area contributed by atoms with Crippen LogP contribution in [0.15, 0.2) is 48.5 Å². The van der Waals surface area contributed by atoms with Crippen LogP contribution >= 0.6 is 7.60 Å². The summed E-state index contributed by atoms with van der Waals surface area (Å²) in [6.07, 6.45) is 0. The van der Waals surface area contributed by atoms with Crippen LogP contribution in [0.2, 0.25) is 0 Å². The summed E-state index contributed by atoms with van der Waals surface area (Å²) in [7, 11) is -2.31. The Morgan fingerprint density at radius 1 is 0.882 bits per heavy atom. The molecule has 1 aliphatic heterocycles. The molecule has 0 aliphatic carbocycles. The second-order valence-corrected chi connectivity index (χ2v) is 9.11. The first-order chi connectivity index (χ1) is 16.1. The molecule has 0 radical (unpaired) electrons. The van der Waals surface area contributed by atoms with Crippen LogP contribution in [0.1, 0.15) is 21.7 Å². The van der Waals surface area contributed by atoms with E-state index in [0.717, 1.165) is 4.90 Å². The molecule has 1 aliphatic rings. The second-order valence-electron chi connectivity index (χ2n) is 7.18. The van der Waals surface area contributed by atoms with Crippen molar-refractivity contribution in [1.82, 2.24) is 4.90 Å². The van der Waals surface area contributed by atoms with E-state index in [2.05, 4.69) is 0 Å². The van der Waals surface area contributed by atoms with Crippen LogP contribution in [-0.2, 0) is 4.57 Å². The molecule has 0 spiro atoms. The molecule has 1 heterocycles. The second kappa shape index (κ2) is 8.64. The van der Waals surface area contributed by atoms with Crippen molar-refractivity contribution < 1.29 is 45.1 Å². The molecule has 1 amide bonds. The predicted octanol–water partition coefficient (Wildman–Crippen LogP) is 5.83. The number of fused-ring (bicyclic) bond motifs is 1. The fourth-order valence-electron chi connectivity index (χ4n) is 3.47. The number of hydrogen-bond acceptors (Lipinski definition) is 5. The molecular weight excluding hydrogens is 484 g/mol. The number of para-hydroxylation sites is 1. The van der Waals surface area contributed by atoms with Gasteiger partial charge < -0.3 is 18.7 Å². The molecule has 3 aromatic carbocycles. The molecule has 4 rings (SSSR count). The SMILES string of the molecule is COc1ccc(C2N(C)C(=O)c3ccccc3OP2(=O)Oc2c(F)c(F)c(F)c(F)c2F)cc1. The first kappa shape index (κ1) is 23.6. The average molecular weight is 499 g/mol. The lowest BCUT2D eigenvalue weighted by atomic mass is 10.1. The molecule has 0 fully saturated rings. The van der Waals surface area contributed by atoms with Gasteiger partial charge in [0.05, 0.1) is 12.7 Å². The number of halogens is 5. The van der Waals surface area contributed by atoms with Gasteiger partial charge in [-0.25, -0.2) is 17.7 Å². The monoisotopic (exact) mass is 499 g/mol. The topological polar surface area (TPSA) is 65.1 Å². The van der Waals surface area contributed by atoms with E-state index in [9.17, 15) is 31.3 Å². The van der Waals surface area contributed by atoms with E-state index >= 15 is 0 Å². The van der Waals surface area contributed by atoms with Crippen LogP contribution in [0.4, 0.5) is 22.0 Å². The molecule has 0 N–H and O–H groups in total. The Labute approximate surface area is 190 Å². The summed E-state index contributed by atoms with van der Waals surface area (Å²) in [5.41, 5.74) is 0.0684. The zero-order valence-electron chi connectivity index (χ0n) is 17.5. The number of amides is 1. The first-order valence-corrected chi connectivity index (χ1v) is 11.2. The quantitative estimate of drug-likeness (QED) is 0.196. The molecule has 34 heavy (non-hydrogen) atoms. The van der Waals surface area contributed by atoms with Gasteiger partial charge in [0.1, 0.15) is 11.5 Å². The van der Waals surface area contributed by atoms with Crippen molar-refractivity contribution in [1.29, 1.82) is 0 Å². The number of ether oxygens (including phenoxy) is 1. The summed E-state index contributed by atoms with van der Waals surface area (Å²) in [5.74, 6) is -15.6. The van der Waals surface area contributed by atoms with Gasteiger partial charge in [0.25, 0.3) is 5.91 Å². The Balaban J connectivity index is 1.94. The van der Waals surface area contributed by atoms with E-state index < -0.39 is 54.1 Å². The lowest BCUT2D eigenvalue weighted by molar-refractivity contribution is 0.0771. The smallest absolute Gasteiger partial charge is 0.457 e. The highest BCUT2D eigenvalue weighted by atomic mass is 31.2. The Kier molecular flexibility index (Phi) is 5.99. The maximum atomic E-state index is 14.4. The summed E-state index contributed by atoms with van der Waals surface area (Å²) < 4.78 is 99.6. The first-order valence-electron chi connectivity index (χ1n) is 9.59. The van der Waals surface area contributed by atoms with Gasteiger partial charge in [-0.05, 0) is 29.8 Å². The van der Waals surface area contributed by atoms with E-state index in [4.69, 9.17) is 13.8 Å². The summed E-state index contributed by atoms with van der Waals surface area (Å²) >= 11 is 0. The van der Waals surface area contributed by atoms with Gasteiger partial charge in [-0.3, -0.25) is 4.79 Å². The van der Waals surface area contributed by atoms with Crippen molar-refractivity contribution in [3.05, 3.63) is 88.7 Å². The Hall–Kier alpha value is -3.59. The minimum absolute atomic E-state index is 0.0535. The number of methoxy groups -OCH3 is 1. The minimum atomic E-state index is -4.94. The van der Waals surface area contributed by atoms with Gasteiger partial charge in [-0.15, -0.1) is 0 Å². The number of carbonyl (C=O) groups is 1. The number of hydrogen-bond donors (Lipinski definition) is 0. The van der Waals surface area contributed by atoms with Crippen LogP contribution < -0.4 is 13.8 Å². The van der Waals surface area contributed by atoms with Crippen LogP contribution in [-0.4, -0.2) is 25.0 Å². The van der Waals surface area contributed by atoms with E-state index in [1.54, 1.807) is 0 Å². The van der Waals surface area contributed by atoms with E-state index in [-0.39, 0.29) is 16.9 Å². The van der Waals surface area contributed by atoms with Crippen molar-refractivity contribution in [3.8, 4) is 17.2 Å². The fourth-order valence-corrected chi connectivity index (χ4v) is 5.62. The Bertz CT molecular complexity index is 1310. The summed E-state index contributed by atoms with van der Waals surface area (Å²) in [6.45, 7) is 0. The van der Waals surface area contributed by atoms with Crippen molar-refractivity contribution in [2.45, 2.75) is 5.78 Å². The molecule has 6 nitrogen and oxygen atoms in total. The van der Waals surface area contributed by atoms with Crippen LogP contribution in [0, 0.1) is 29.1 Å². The molecule has 2 unspecified atom stereocenters. The number of nitrogens with zero attached hydrogens (tertiary/aromatic N) is 1. The molecule has 3 aromatic rings.